The third-order valence-corrected chi connectivity index (χ3v) is 6.04. The topological polar surface area (TPSA) is 87.6 Å². The zero-order valence-electron chi connectivity index (χ0n) is 11.4. The second kappa shape index (κ2) is 5.79. The molecule has 1 aromatic rings. The van der Waals surface area contributed by atoms with E-state index < -0.39 is 21.8 Å². The molecule has 0 amide bonds. The first-order valence-corrected chi connectivity index (χ1v) is 9.08. The Morgan fingerprint density at radius 2 is 2.35 bits per heavy atom. The number of carboxylic acid groups (broad SMARTS) is 1. The van der Waals surface area contributed by atoms with Crippen molar-refractivity contribution in [2.24, 2.45) is 0 Å². The van der Waals surface area contributed by atoms with Crippen LogP contribution in [0.4, 0.5) is 0 Å². The van der Waals surface area contributed by atoms with Gasteiger partial charge in [-0.3, -0.25) is 9.69 Å². The van der Waals surface area contributed by atoms with Crippen molar-refractivity contribution < 1.29 is 18.3 Å². The maximum absolute atomic E-state index is 11.7. The van der Waals surface area contributed by atoms with Crippen LogP contribution in [0.25, 0.3) is 0 Å². The van der Waals surface area contributed by atoms with Gasteiger partial charge in [-0.1, -0.05) is 0 Å². The fourth-order valence-electron chi connectivity index (χ4n) is 2.53. The molecule has 1 aromatic heterocycles. The van der Waals surface area contributed by atoms with Crippen molar-refractivity contribution in [2.75, 3.05) is 18.1 Å². The van der Waals surface area contributed by atoms with Crippen LogP contribution >= 0.6 is 11.3 Å². The molecule has 2 rings (SSSR count). The number of nitrogens with zero attached hydrogens (tertiary/aromatic N) is 2. The average molecular weight is 318 g/mol. The van der Waals surface area contributed by atoms with E-state index in [0.717, 1.165) is 10.7 Å². The first-order chi connectivity index (χ1) is 9.28. The molecule has 0 saturated carbocycles. The maximum atomic E-state index is 11.7. The second-order valence-electron chi connectivity index (χ2n) is 5.07. The van der Waals surface area contributed by atoms with Crippen LogP contribution in [-0.4, -0.2) is 53.5 Å². The number of aryl methyl sites for hydroxylation is 1. The van der Waals surface area contributed by atoms with Gasteiger partial charge in [0.2, 0.25) is 0 Å². The lowest BCUT2D eigenvalue weighted by Gasteiger charge is -2.38. The zero-order chi connectivity index (χ0) is 14.9. The van der Waals surface area contributed by atoms with Crippen LogP contribution in [-0.2, 0) is 14.6 Å². The van der Waals surface area contributed by atoms with E-state index in [9.17, 15) is 13.2 Å². The highest BCUT2D eigenvalue weighted by molar-refractivity contribution is 7.91. The summed E-state index contributed by atoms with van der Waals surface area (Å²) in [4.78, 5) is 17.3. The van der Waals surface area contributed by atoms with Crippen molar-refractivity contribution in [3.63, 3.8) is 0 Å². The summed E-state index contributed by atoms with van der Waals surface area (Å²) in [5, 5.41) is 11.9. The first-order valence-electron chi connectivity index (χ1n) is 6.38. The van der Waals surface area contributed by atoms with Gasteiger partial charge in [-0.15, -0.1) is 11.3 Å². The van der Waals surface area contributed by atoms with E-state index in [1.807, 2.05) is 24.1 Å². The molecule has 0 bridgehead atoms. The van der Waals surface area contributed by atoms with Gasteiger partial charge in [-0.2, -0.15) is 0 Å². The predicted molar refractivity (Wildman–Crippen MR) is 76.7 cm³/mol. The van der Waals surface area contributed by atoms with Crippen LogP contribution in [0, 0.1) is 6.92 Å². The quantitative estimate of drug-likeness (QED) is 0.894. The van der Waals surface area contributed by atoms with E-state index >= 15 is 0 Å². The SMILES string of the molecule is Cc1nc(C(C)N2CCS(=O)(=O)CC2CC(=O)O)cs1. The maximum Gasteiger partial charge on any atom is 0.304 e. The van der Waals surface area contributed by atoms with Crippen molar-refractivity contribution in [3.8, 4) is 0 Å². The highest BCUT2D eigenvalue weighted by atomic mass is 32.2. The molecule has 1 aliphatic rings. The molecule has 1 aliphatic heterocycles. The van der Waals surface area contributed by atoms with Crippen LogP contribution in [0.15, 0.2) is 5.38 Å². The van der Waals surface area contributed by atoms with Gasteiger partial charge in [0.15, 0.2) is 9.84 Å². The Balaban J connectivity index is 2.21. The summed E-state index contributed by atoms with van der Waals surface area (Å²) in [6, 6.07) is -0.553. The molecule has 0 aromatic carbocycles. The van der Waals surface area contributed by atoms with Gasteiger partial charge in [0, 0.05) is 18.0 Å². The minimum atomic E-state index is -3.14. The Kier molecular flexibility index (Phi) is 4.46. The summed E-state index contributed by atoms with van der Waals surface area (Å²) in [5.74, 6) is -0.984. The molecule has 2 unspecified atom stereocenters. The summed E-state index contributed by atoms with van der Waals surface area (Å²) in [6.07, 6.45) is -0.160. The van der Waals surface area contributed by atoms with Crippen molar-refractivity contribution in [1.82, 2.24) is 9.88 Å². The average Bonchev–Trinajstić information content (AvgIpc) is 2.73. The molecule has 0 spiro atoms. The lowest BCUT2D eigenvalue weighted by atomic mass is 10.1. The van der Waals surface area contributed by atoms with Crippen molar-refractivity contribution in [3.05, 3.63) is 16.1 Å². The summed E-state index contributed by atoms with van der Waals surface area (Å²) in [6.45, 7) is 4.22. The third kappa shape index (κ3) is 3.56. The predicted octanol–water partition coefficient (Wildman–Crippen LogP) is 1.09. The molecule has 20 heavy (non-hydrogen) atoms. The number of thiazole rings is 1. The van der Waals surface area contributed by atoms with Gasteiger partial charge in [0.25, 0.3) is 0 Å². The molecule has 1 saturated heterocycles. The molecule has 2 heterocycles. The zero-order valence-corrected chi connectivity index (χ0v) is 13.1. The Labute approximate surface area is 122 Å². The van der Waals surface area contributed by atoms with Gasteiger partial charge in [-0.25, -0.2) is 13.4 Å². The van der Waals surface area contributed by atoms with E-state index in [2.05, 4.69) is 4.98 Å². The Morgan fingerprint density at radius 3 is 2.90 bits per heavy atom. The summed E-state index contributed by atoms with van der Waals surface area (Å²) in [5.41, 5.74) is 0.877. The minimum absolute atomic E-state index is 0.0696. The Hall–Kier alpha value is -0.990. The highest BCUT2D eigenvalue weighted by Gasteiger charge is 2.36. The molecule has 1 fully saturated rings. The van der Waals surface area contributed by atoms with Gasteiger partial charge in [0.1, 0.15) is 0 Å². The molecule has 2 atom stereocenters. The number of aliphatic carboxylic acids is 1. The normalized spacial score (nSPS) is 24.4. The van der Waals surface area contributed by atoms with E-state index in [1.165, 1.54) is 11.3 Å². The van der Waals surface area contributed by atoms with Crippen LogP contribution in [0.2, 0.25) is 0 Å². The second-order valence-corrected chi connectivity index (χ2v) is 8.36. The molecule has 8 heteroatoms. The van der Waals surface area contributed by atoms with Gasteiger partial charge < -0.3 is 5.11 Å². The van der Waals surface area contributed by atoms with Gasteiger partial charge in [-0.05, 0) is 13.8 Å². The fraction of sp³-hybridized carbons (Fsp3) is 0.667. The Morgan fingerprint density at radius 1 is 1.65 bits per heavy atom. The fourth-order valence-corrected chi connectivity index (χ4v) is 4.78. The van der Waals surface area contributed by atoms with E-state index in [-0.39, 0.29) is 24.0 Å². The summed E-state index contributed by atoms with van der Waals surface area (Å²) < 4.78 is 23.4. The third-order valence-electron chi connectivity index (χ3n) is 3.55. The van der Waals surface area contributed by atoms with Gasteiger partial charge in [0.05, 0.1) is 34.7 Å². The molecular formula is C12H18N2O4S2. The number of hydrogen-bond acceptors (Lipinski definition) is 6. The number of rotatable bonds is 4. The highest BCUT2D eigenvalue weighted by Crippen LogP contribution is 2.28. The van der Waals surface area contributed by atoms with Crippen LogP contribution in [0.1, 0.15) is 30.1 Å². The van der Waals surface area contributed by atoms with Crippen LogP contribution in [0.5, 0.6) is 0 Å². The molecule has 1 N–H and O–H groups in total. The number of carboxylic acids is 1. The van der Waals surface area contributed by atoms with E-state index in [0.29, 0.717) is 6.54 Å². The molecule has 0 aliphatic carbocycles. The van der Waals surface area contributed by atoms with E-state index in [1.54, 1.807) is 0 Å². The van der Waals surface area contributed by atoms with Crippen molar-refractivity contribution in [2.45, 2.75) is 32.4 Å². The van der Waals surface area contributed by atoms with Crippen LogP contribution in [0.3, 0.4) is 0 Å². The van der Waals surface area contributed by atoms with Gasteiger partial charge >= 0.3 is 5.97 Å². The molecule has 0 radical (unpaired) electrons. The largest absolute Gasteiger partial charge is 0.481 e. The number of carbonyl (C=O) groups is 1. The number of aromatic nitrogens is 1. The first kappa shape index (κ1) is 15.4. The summed E-state index contributed by atoms with van der Waals surface area (Å²) >= 11 is 1.54. The lowest BCUT2D eigenvalue weighted by Crippen LogP contribution is -2.50. The monoisotopic (exact) mass is 318 g/mol. The summed E-state index contributed by atoms with van der Waals surface area (Å²) in [7, 11) is -3.14. The van der Waals surface area contributed by atoms with E-state index in [4.69, 9.17) is 5.11 Å². The number of sulfone groups is 1. The number of hydrogen-bond donors (Lipinski definition) is 1. The molecular weight excluding hydrogens is 300 g/mol. The molecule has 112 valence electrons. The lowest BCUT2D eigenvalue weighted by molar-refractivity contribution is -0.138. The smallest absolute Gasteiger partial charge is 0.304 e. The van der Waals surface area contributed by atoms with Crippen molar-refractivity contribution >= 4 is 27.1 Å². The minimum Gasteiger partial charge on any atom is -0.481 e. The standard InChI is InChI=1S/C12H18N2O4S2/c1-8(11-6-19-9(2)13-11)14-3-4-20(17,18)7-10(14)5-12(15)16/h6,8,10H,3-5,7H2,1-2H3,(H,15,16). The molecule has 6 nitrogen and oxygen atoms in total. The van der Waals surface area contributed by atoms with Crippen molar-refractivity contribution in [1.29, 1.82) is 0 Å². The Bertz CT molecular complexity index is 596. The van der Waals surface area contributed by atoms with Crippen LogP contribution < -0.4 is 0 Å².